The van der Waals surface area contributed by atoms with Gasteiger partial charge < -0.3 is 19.2 Å². The number of aromatic nitrogens is 2. The smallest absolute Gasteiger partial charge is 0.484 e. The maximum Gasteiger partial charge on any atom is 0.523 e. The number of hydrogen-bond donors (Lipinski definition) is 1. The van der Waals surface area contributed by atoms with Gasteiger partial charge in [-0.3, -0.25) is 9.53 Å². The Kier molecular flexibility index (Phi) is 6.59. The summed E-state index contributed by atoms with van der Waals surface area (Å²) >= 11 is 5.80. The molecule has 1 aromatic heterocycles. The highest BCUT2D eigenvalue weighted by Crippen LogP contribution is 2.48. The van der Waals surface area contributed by atoms with Crippen LogP contribution in [0.3, 0.4) is 0 Å². The number of carbonyl (C=O) groups is 1. The molecule has 12 heteroatoms. The topological polar surface area (TPSA) is 95.7 Å². The SMILES string of the molecule is O=C(COc1ccc(Cl)cc1)N[C@@H]1CC[C@@H](c2nnc(C3(OC(F)(F)F)CCC3)o2)OC1. The summed E-state index contributed by atoms with van der Waals surface area (Å²) in [4.78, 5) is 12.1. The average molecular weight is 476 g/mol. The Hall–Kier alpha value is -2.37. The van der Waals surface area contributed by atoms with E-state index in [2.05, 4.69) is 20.3 Å². The van der Waals surface area contributed by atoms with Gasteiger partial charge in [0.15, 0.2) is 12.2 Å². The number of benzene rings is 1. The molecule has 1 saturated carbocycles. The first-order valence-electron chi connectivity index (χ1n) is 10.1. The number of ether oxygens (including phenoxy) is 3. The van der Waals surface area contributed by atoms with Crippen molar-refractivity contribution in [1.82, 2.24) is 15.5 Å². The van der Waals surface area contributed by atoms with Gasteiger partial charge >= 0.3 is 6.36 Å². The van der Waals surface area contributed by atoms with Crippen LogP contribution in [0.5, 0.6) is 5.75 Å². The minimum Gasteiger partial charge on any atom is -0.484 e. The van der Waals surface area contributed by atoms with Crippen LogP contribution < -0.4 is 10.1 Å². The zero-order chi connectivity index (χ0) is 22.8. The zero-order valence-electron chi connectivity index (χ0n) is 16.9. The minimum absolute atomic E-state index is 0.105. The number of amides is 1. The number of nitrogens with one attached hydrogen (secondary N) is 1. The molecule has 1 N–H and O–H groups in total. The maximum absolute atomic E-state index is 12.7. The van der Waals surface area contributed by atoms with Crippen molar-refractivity contribution in [1.29, 1.82) is 0 Å². The molecule has 1 saturated heterocycles. The van der Waals surface area contributed by atoms with Crippen molar-refractivity contribution >= 4 is 17.5 Å². The molecule has 2 aromatic rings. The highest BCUT2D eigenvalue weighted by atomic mass is 35.5. The molecule has 1 amide bonds. The second-order valence-electron chi connectivity index (χ2n) is 7.75. The van der Waals surface area contributed by atoms with Gasteiger partial charge in [-0.1, -0.05) is 11.6 Å². The van der Waals surface area contributed by atoms with E-state index in [4.69, 9.17) is 25.5 Å². The lowest BCUT2D eigenvalue weighted by atomic mass is 9.80. The molecule has 8 nitrogen and oxygen atoms in total. The molecule has 174 valence electrons. The molecule has 2 atom stereocenters. The van der Waals surface area contributed by atoms with Crippen molar-refractivity contribution in [3.63, 3.8) is 0 Å². The first-order valence-corrected chi connectivity index (χ1v) is 10.5. The molecule has 0 spiro atoms. The molecule has 2 fully saturated rings. The van der Waals surface area contributed by atoms with E-state index in [0.29, 0.717) is 30.0 Å². The fourth-order valence-corrected chi connectivity index (χ4v) is 3.76. The Morgan fingerprint density at radius 2 is 1.97 bits per heavy atom. The molecule has 0 radical (unpaired) electrons. The molecule has 0 unspecified atom stereocenters. The van der Waals surface area contributed by atoms with E-state index < -0.39 is 18.1 Å². The largest absolute Gasteiger partial charge is 0.523 e. The summed E-state index contributed by atoms with van der Waals surface area (Å²) in [6, 6.07) is 6.41. The van der Waals surface area contributed by atoms with Crippen LogP contribution >= 0.6 is 11.6 Å². The number of hydrogen-bond acceptors (Lipinski definition) is 7. The van der Waals surface area contributed by atoms with Crippen molar-refractivity contribution in [2.45, 2.75) is 56.2 Å². The van der Waals surface area contributed by atoms with Crippen LogP contribution in [0.1, 0.15) is 50.0 Å². The fourth-order valence-electron chi connectivity index (χ4n) is 3.64. The van der Waals surface area contributed by atoms with Crippen molar-refractivity contribution in [3.8, 4) is 5.75 Å². The second kappa shape index (κ2) is 9.24. The van der Waals surface area contributed by atoms with Crippen molar-refractivity contribution in [2.24, 2.45) is 0 Å². The van der Waals surface area contributed by atoms with E-state index in [0.717, 1.165) is 0 Å². The normalized spacial score (nSPS) is 22.8. The number of halogens is 4. The summed E-state index contributed by atoms with van der Waals surface area (Å²) in [6.07, 6.45) is -3.43. The molecular weight excluding hydrogens is 455 g/mol. The average Bonchev–Trinajstić information content (AvgIpc) is 3.21. The quantitative estimate of drug-likeness (QED) is 0.645. The Balaban J connectivity index is 1.25. The highest BCUT2D eigenvalue weighted by molar-refractivity contribution is 6.30. The Morgan fingerprint density at radius 3 is 2.56 bits per heavy atom. The monoisotopic (exact) mass is 475 g/mol. The van der Waals surface area contributed by atoms with E-state index >= 15 is 0 Å². The van der Waals surface area contributed by atoms with E-state index in [1.807, 2.05) is 0 Å². The van der Waals surface area contributed by atoms with Crippen molar-refractivity contribution in [3.05, 3.63) is 41.1 Å². The first-order chi connectivity index (χ1) is 15.2. The van der Waals surface area contributed by atoms with E-state index in [9.17, 15) is 18.0 Å². The third-order valence-electron chi connectivity index (χ3n) is 5.40. The van der Waals surface area contributed by atoms with Crippen molar-refractivity contribution in [2.75, 3.05) is 13.2 Å². The number of rotatable bonds is 7. The van der Waals surface area contributed by atoms with Gasteiger partial charge in [-0.15, -0.1) is 23.4 Å². The minimum atomic E-state index is -4.79. The molecule has 1 aliphatic carbocycles. The predicted octanol–water partition coefficient (Wildman–Crippen LogP) is 4.05. The summed E-state index contributed by atoms with van der Waals surface area (Å²) in [5, 5.41) is 11.0. The molecule has 0 bridgehead atoms. The number of nitrogens with zero attached hydrogens (tertiary/aromatic N) is 2. The summed E-state index contributed by atoms with van der Waals surface area (Å²) in [7, 11) is 0. The molecule has 32 heavy (non-hydrogen) atoms. The van der Waals surface area contributed by atoms with Crippen LogP contribution in [0.2, 0.25) is 5.02 Å². The molecule has 2 aliphatic rings. The fraction of sp³-hybridized carbons (Fsp3) is 0.550. The van der Waals surface area contributed by atoms with Crippen LogP contribution in [0, 0.1) is 0 Å². The first kappa shape index (κ1) is 22.8. The van der Waals surface area contributed by atoms with E-state index in [1.54, 1.807) is 24.3 Å². The van der Waals surface area contributed by atoms with Gasteiger partial charge in [0.1, 0.15) is 11.9 Å². The summed E-state index contributed by atoms with van der Waals surface area (Å²) < 4.78 is 59.1. The van der Waals surface area contributed by atoms with E-state index in [1.165, 1.54) is 0 Å². The van der Waals surface area contributed by atoms with Crippen LogP contribution in [0.4, 0.5) is 13.2 Å². The lowest BCUT2D eigenvalue weighted by Gasteiger charge is -2.38. The van der Waals surface area contributed by atoms with Gasteiger partial charge in [-0.2, -0.15) is 0 Å². The summed E-state index contributed by atoms with van der Waals surface area (Å²) in [6.45, 7) is 0.0368. The molecular formula is C20H21ClF3N3O5. The van der Waals surface area contributed by atoms with Crippen LogP contribution in [0.25, 0.3) is 0 Å². The number of carbonyl (C=O) groups excluding carboxylic acids is 1. The highest BCUT2D eigenvalue weighted by Gasteiger charge is 2.52. The van der Waals surface area contributed by atoms with Gasteiger partial charge in [-0.05, 0) is 56.4 Å². The maximum atomic E-state index is 12.7. The lowest BCUT2D eigenvalue weighted by molar-refractivity contribution is -0.387. The summed E-state index contributed by atoms with van der Waals surface area (Å²) in [5.74, 6) is 0.140. The molecule has 4 rings (SSSR count). The third kappa shape index (κ3) is 5.51. The predicted molar refractivity (Wildman–Crippen MR) is 104 cm³/mol. The molecule has 2 heterocycles. The Morgan fingerprint density at radius 1 is 1.22 bits per heavy atom. The zero-order valence-corrected chi connectivity index (χ0v) is 17.6. The third-order valence-corrected chi connectivity index (χ3v) is 5.65. The van der Waals surface area contributed by atoms with Gasteiger partial charge in [0, 0.05) is 5.02 Å². The lowest BCUT2D eigenvalue weighted by Crippen LogP contribution is -2.43. The van der Waals surface area contributed by atoms with Crippen LogP contribution in [0.15, 0.2) is 28.7 Å². The van der Waals surface area contributed by atoms with Crippen LogP contribution in [-0.4, -0.2) is 41.7 Å². The van der Waals surface area contributed by atoms with Gasteiger partial charge in [-0.25, -0.2) is 0 Å². The number of alkyl halides is 3. The Labute approximate surface area is 186 Å². The molecule has 1 aromatic carbocycles. The van der Waals surface area contributed by atoms with Gasteiger partial charge in [0.05, 0.1) is 12.6 Å². The Bertz CT molecular complexity index is 925. The van der Waals surface area contributed by atoms with Crippen LogP contribution in [-0.2, 0) is 19.9 Å². The standard InChI is InChI=1S/C20H21ClF3N3O5/c21-12-2-5-14(6-3-12)29-11-16(28)25-13-4-7-15(30-10-13)17-26-27-18(31-17)19(8-1-9-19)32-20(22,23)24/h2-3,5-6,13,15H,1,4,7-11H2,(H,25,28)/t13-,15+/m1/s1. The molecule has 1 aliphatic heterocycles. The second-order valence-corrected chi connectivity index (χ2v) is 8.18. The van der Waals surface area contributed by atoms with Crippen molar-refractivity contribution < 1.29 is 36.6 Å². The van der Waals surface area contributed by atoms with E-state index in [-0.39, 0.29) is 49.8 Å². The van der Waals surface area contributed by atoms with Gasteiger partial charge in [0.2, 0.25) is 11.8 Å². The van der Waals surface area contributed by atoms with Gasteiger partial charge in [0.25, 0.3) is 5.91 Å². The summed E-state index contributed by atoms with van der Waals surface area (Å²) in [5.41, 5.74) is -1.61.